The minimum atomic E-state index is -1.21. The molecule has 0 bridgehead atoms. The Balaban J connectivity index is 2.78. The zero-order chi connectivity index (χ0) is 12.5. The molecule has 1 saturated heterocycles. The van der Waals surface area contributed by atoms with E-state index in [-0.39, 0.29) is 12.0 Å². The average molecular weight is 251 g/mol. The fraction of sp³-hybridized carbons (Fsp3) is 1.00. The van der Waals surface area contributed by atoms with Crippen LogP contribution < -0.4 is 5.73 Å². The normalized spacial score (nSPS) is 42.4. The third kappa shape index (κ3) is 2.69. The van der Waals surface area contributed by atoms with E-state index in [1.54, 1.807) is 6.26 Å². The predicted molar refractivity (Wildman–Crippen MR) is 63.0 cm³/mol. The van der Waals surface area contributed by atoms with Gasteiger partial charge in [0.1, 0.15) is 29.9 Å². The second kappa shape index (κ2) is 5.66. The molecule has 5 nitrogen and oxygen atoms in total. The Morgan fingerprint density at radius 3 is 2.12 bits per heavy atom. The molecule has 0 amide bonds. The van der Waals surface area contributed by atoms with Crippen LogP contribution in [0.25, 0.3) is 0 Å². The summed E-state index contributed by atoms with van der Waals surface area (Å²) in [7, 11) is 0. The Morgan fingerprint density at radius 1 is 1.12 bits per heavy atom. The molecule has 0 aromatic carbocycles. The molecule has 1 aliphatic rings. The summed E-state index contributed by atoms with van der Waals surface area (Å²) in [6, 6.07) is -0.369. The lowest BCUT2D eigenvalue weighted by Crippen LogP contribution is -2.62. The van der Waals surface area contributed by atoms with E-state index in [4.69, 9.17) is 10.5 Å². The van der Waals surface area contributed by atoms with E-state index < -0.39 is 29.9 Å². The first-order valence-electron chi connectivity index (χ1n) is 5.38. The zero-order valence-electron chi connectivity index (χ0n) is 9.78. The standard InChI is InChI=1S/C10H21NO4S/c1-4(2)5(11)9-7(13)6(12)8(14)10(15-9)16-3/h4-10,12-14H,11H2,1-3H3/t5-,6+,7-,8-,9-,10-/m1/s1. The van der Waals surface area contributed by atoms with E-state index in [1.807, 2.05) is 13.8 Å². The summed E-state index contributed by atoms with van der Waals surface area (Å²) in [5.41, 5.74) is 5.37. The van der Waals surface area contributed by atoms with Gasteiger partial charge in [-0.3, -0.25) is 0 Å². The van der Waals surface area contributed by atoms with Crippen LogP contribution in [0.1, 0.15) is 13.8 Å². The van der Waals surface area contributed by atoms with Crippen molar-refractivity contribution in [2.45, 2.75) is 49.7 Å². The van der Waals surface area contributed by atoms with E-state index in [0.29, 0.717) is 0 Å². The van der Waals surface area contributed by atoms with Gasteiger partial charge in [0.15, 0.2) is 0 Å². The highest BCUT2D eigenvalue weighted by Crippen LogP contribution is 2.29. The van der Waals surface area contributed by atoms with E-state index in [9.17, 15) is 15.3 Å². The fourth-order valence-corrected chi connectivity index (χ4v) is 2.45. The Kier molecular flexibility index (Phi) is 5.03. The predicted octanol–water partition coefficient (Wildman–Crippen LogP) is -0.860. The summed E-state index contributed by atoms with van der Waals surface area (Å²) in [5.74, 6) is 0.129. The molecule has 1 heterocycles. The van der Waals surface area contributed by atoms with Crippen LogP contribution in [-0.4, -0.2) is 57.5 Å². The van der Waals surface area contributed by atoms with Crippen molar-refractivity contribution in [3.05, 3.63) is 0 Å². The van der Waals surface area contributed by atoms with Crippen molar-refractivity contribution < 1.29 is 20.1 Å². The molecule has 1 fully saturated rings. The van der Waals surface area contributed by atoms with Crippen molar-refractivity contribution in [1.29, 1.82) is 0 Å². The SMILES string of the molecule is CS[C@H]1O[C@H]([C@H](N)C(C)C)[C@H](O)[C@H](O)[C@H]1O. The molecular formula is C10H21NO4S. The molecule has 0 aliphatic carbocycles. The molecular weight excluding hydrogens is 230 g/mol. The van der Waals surface area contributed by atoms with Crippen molar-refractivity contribution >= 4 is 11.8 Å². The molecule has 1 aliphatic heterocycles. The fourth-order valence-electron chi connectivity index (χ4n) is 1.77. The van der Waals surface area contributed by atoms with Gasteiger partial charge < -0.3 is 25.8 Å². The van der Waals surface area contributed by atoms with Crippen molar-refractivity contribution in [1.82, 2.24) is 0 Å². The second-order valence-corrected chi connectivity index (χ2v) is 5.43. The number of aliphatic hydroxyl groups is 3. The van der Waals surface area contributed by atoms with Crippen molar-refractivity contribution in [3.63, 3.8) is 0 Å². The number of hydrogen-bond acceptors (Lipinski definition) is 6. The van der Waals surface area contributed by atoms with Gasteiger partial charge in [0.2, 0.25) is 0 Å². The van der Waals surface area contributed by atoms with Crippen LogP contribution in [0.3, 0.4) is 0 Å². The summed E-state index contributed by atoms with van der Waals surface area (Å²) in [6.07, 6.45) is -2.30. The number of rotatable bonds is 3. The van der Waals surface area contributed by atoms with Crippen molar-refractivity contribution in [2.75, 3.05) is 6.26 Å². The smallest absolute Gasteiger partial charge is 0.132 e. The van der Waals surface area contributed by atoms with Gasteiger partial charge in [-0.15, -0.1) is 11.8 Å². The topological polar surface area (TPSA) is 95.9 Å². The largest absolute Gasteiger partial charge is 0.388 e. The van der Waals surface area contributed by atoms with Crippen LogP contribution in [0.2, 0.25) is 0 Å². The zero-order valence-corrected chi connectivity index (χ0v) is 10.6. The molecule has 96 valence electrons. The average Bonchev–Trinajstić information content (AvgIpc) is 2.25. The third-order valence-corrected chi connectivity index (χ3v) is 3.84. The highest BCUT2D eigenvalue weighted by Gasteiger charge is 2.45. The number of hydrogen-bond donors (Lipinski definition) is 4. The first kappa shape index (κ1) is 14.2. The first-order chi connectivity index (χ1) is 7.40. The van der Waals surface area contributed by atoms with E-state index in [0.717, 1.165) is 0 Å². The molecule has 6 heteroatoms. The van der Waals surface area contributed by atoms with Crippen molar-refractivity contribution in [2.24, 2.45) is 11.7 Å². The Hall–Kier alpha value is 0.150. The van der Waals surface area contributed by atoms with Gasteiger partial charge in [0.05, 0.1) is 0 Å². The van der Waals surface area contributed by atoms with Gasteiger partial charge in [-0.05, 0) is 12.2 Å². The van der Waals surface area contributed by atoms with Crippen molar-refractivity contribution in [3.8, 4) is 0 Å². The van der Waals surface area contributed by atoms with E-state index >= 15 is 0 Å². The highest BCUT2D eigenvalue weighted by atomic mass is 32.2. The van der Waals surface area contributed by atoms with Crippen LogP contribution in [0, 0.1) is 5.92 Å². The molecule has 0 unspecified atom stereocenters. The second-order valence-electron chi connectivity index (χ2n) is 4.50. The van der Waals surface area contributed by atoms with Gasteiger partial charge in [-0.1, -0.05) is 13.8 Å². The van der Waals surface area contributed by atoms with E-state index in [1.165, 1.54) is 11.8 Å². The van der Waals surface area contributed by atoms with Gasteiger partial charge in [0, 0.05) is 6.04 Å². The van der Waals surface area contributed by atoms with E-state index in [2.05, 4.69) is 0 Å². The monoisotopic (exact) mass is 251 g/mol. The maximum absolute atomic E-state index is 9.82. The van der Waals surface area contributed by atoms with Gasteiger partial charge >= 0.3 is 0 Å². The molecule has 5 N–H and O–H groups in total. The molecule has 0 aromatic heterocycles. The molecule has 0 saturated carbocycles. The van der Waals surface area contributed by atoms with Gasteiger partial charge in [-0.2, -0.15) is 0 Å². The Labute approximate surface area is 100.0 Å². The van der Waals surface area contributed by atoms with Crippen LogP contribution in [0.15, 0.2) is 0 Å². The number of aliphatic hydroxyl groups excluding tert-OH is 3. The van der Waals surface area contributed by atoms with Gasteiger partial charge in [0.25, 0.3) is 0 Å². The number of nitrogens with two attached hydrogens (primary N) is 1. The third-order valence-electron chi connectivity index (χ3n) is 2.99. The highest BCUT2D eigenvalue weighted by molar-refractivity contribution is 7.99. The Bertz CT molecular complexity index is 227. The van der Waals surface area contributed by atoms with Crippen LogP contribution >= 0.6 is 11.8 Å². The summed E-state index contributed by atoms with van der Waals surface area (Å²) >= 11 is 1.29. The minimum Gasteiger partial charge on any atom is -0.388 e. The first-order valence-corrected chi connectivity index (χ1v) is 6.67. The summed E-state index contributed by atoms with van der Waals surface area (Å²) in [6.45, 7) is 3.85. The number of thioether (sulfide) groups is 1. The molecule has 1 rings (SSSR count). The summed E-state index contributed by atoms with van der Waals surface area (Å²) in [5, 5.41) is 29.2. The molecule has 0 spiro atoms. The Morgan fingerprint density at radius 2 is 1.69 bits per heavy atom. The molecule has 6 atom stereocenters. The van der Waals surface area contributed by atoms with Gasteiger partial charge in [-0.25, -0.2) is 0 Å². The minimum absolute atomic E-state index is 0.129. The summed E-state index contributed by atoms with van der Waals surface area (Å²) < 4.78 is 5.53. The molecule has 16 heavy (non-hydrogen) atoms. The molecule has 0 radical (unpaired) electrons. The van der Waals surface area contributed by atoms with Crippen LogP contribution in [0.4, 0.5) is 0 Å². The van der Waals surface area contributed by atoms with Crippen LogP contribution in [-0.2, 0) is 4.74 Å². The van der Waals surface area contributed by atoms with Crippen LogP contribution in [0.5, 0.6) is 0 Å². The maximum atomic E-state index is 9.82. The lowest BCUT2D eigenvalue weighted by molar-refractivity contribution is -0.205. The summed E-state index contributed by atoms with van der Waals surface area (Å²) in [4.78, 5) is 0. The maximum Gasteiger partial charge on any atom is 0.132 e. The lowest BCUT2D eigenvalue weighted by atomic mass is 9.90. The number of ether oxygens (including phenoxy) is 1. The quantitative estimate of drug-likeness (QED) is 0.521. The molecule has 0 aromatic rings. The lowest BCUT2D eigenvalue weighted by Gasteiger charge is -2.43.